The molecule has 0 bridgehead atoms. The van der Waals surface area contributed by atoms with Crippen LogP contribution in [-0.2, 0) is 4.79 Å². The number of carbonyl (C=O) groups is 1. The zero-order chi connectivity index (χ0) is 7.56. The number of ketones is 1. The summed E-state index contributed by atoms with van der Waals surface area (Å²) in [7, 11) is 0. The number of alkyl halides is 1. The topological polar surface area (TPSA) is 37.3 Å². The van der Waals surface area contributed by atoms with Crippen LogP contribution in [0.1, 0.15) is 25.7 Å². The molecular formula is C7H11BrO2. The summed E-state index contributed by atoms with van der Waals surface area (Å²) in [5, 5.41) is 9.26. The Hall–Kier alpha value is 0.110. The second-order valence-corrected chi connectivity index (χ2v) is 3.67. The zero-order valence-electron chi connectivity index (χ0n) is 5.72. The minimum absolute atomic E-state index is 0.144. The Morgan fingerprint density at radius 1 is 1.50 bits per heavy atom. The van der Waals surface area contributed by atoms with Gasteiger partial charge in [-0.25, -0.2) is 0 Å². The third-order valence-electron chi connectivity index (χ3n) is 1.82. The van der Waals surface area contributed by atoms with Crippen molar-refractivity contribution < 1.29 is 9.90 Å². The molecule has 10 heavy (non-hydrogen) atoms. The van der Waals surface area contributed by atoms with Crippen LogP contribution >= 0.6 is 15.9 Å². The fourth-order valence-corrected chi connectivity index (χ4v) is 1.64. The van der Waals surface area contributed by atoms with Gasteiger partial charge in [0, 0.05) is 6.42 Å². The summed E-state index contributed by atoms with van der Waals surface area (Å²) < 4.78 is 0. The first kappa shape index (κ1) is 8.21. The molecule has 1 rings (SSSR count). The van der Waals surface area contributed by atoms with Crippen LogP contribution in [0.2, 0.25) is 0 Å². The van der Waals surface area contributed by atoms with E-state index in [1.54, 1.807) is 0 Å². The molecular weight excluding hydrogens is 196 g/mol. The molecule has 3 heteroatoms. The van der Waals surface area contributed by atoms with Gasteiger partial charge in [-0.1, -0.05) is 22.4 Å². The zero-order valence-corrected chi connectivity index (χ0v) is 7.30. The van der Waals surface area contributed by atoms with Gasteiger partial charge in [0.15, 0.2) is 0 Å². The molecule has 0 heterocycles. The van der Waals surface area contributed by atoms with Gasteiger partial charge in [0.05, 0.1) is 10.9 Å². The molecule has 0 saturated heterocycles. The fourth-order valence-electron chi connectivity index (χ4n) is 1.15. The van der Waals surface area contributed by atoms with Crippen molar-refractivity contribution in [3.05, 3.63) is 0 Å². The number of rotatable bonds is 0. The first-order valence-electron chi connectivity index (χ1n) is 3.56. The van der Waals surface area contributed by atoms with E-state index < -0.39 is 6.10 Å². The van der Waals surface area contributed by atoms with Crippen molar-refractivity contribution >= 4 is 21.7 Å². The first-order valence-corrected chi connectivity index (χ1v) is 4.48. The Bertz CT molecular complexity index is 136. The summed E-state index contributed by atoms with van der Waals surface area (Å²) in [6.45, 7) is 0. The van der Waals surface area contributed by atoms with Gasteiger partial charge in [0.1, 0.15) is 5.78 Å². The average molecular weight is 207 g/mol. The van der Waals surface area contributed by atoms with Crippen LogP contribution in [-0.4, -0.2) is 21.8 Å². The monoisotopic (exact) mass is 206 g/mol. The molecule has 0 amide bonds. The lowest BCUT2D eigenvalue weighted by molar-refractivity contribution is -0.119. The van der Waals surface area contributed by atoms with Crippen LogP contribution in [0.5, 0.6) is 0 Å². The lowest BCUT2D eigenvalue weighted by Gasteiger charge is -2.10. The normalized spacial score (nSPS) is 35.6. The Kier molecular flexibility index (Phi) is 2.86. The molecule has 2 unspecified atom stereocenters. The van der Waals surface area contributed by atoms with E-state index in [2.05, 4.69) is 15.9 Å². The lowest BCUT2D eigenvalue weighted by Crippen LogP contribution is -2.25. The van der Waals surface area contributed by atoms with E-state index in [0.29, 0.717) is 6.42 Å². The molecule has 2 nitrogen and oxygen atoms in total. The second kappa shape index (κ2) is 3.49. The van der Waals surface area contributed by atoms with Crippen LogP contribution in [0.3, 0.4) is 0 Å². The molecule has 1 aliphatic rings. The van der Waals surface area contributed by atoms with Gasteiger partial charge in [-0.2, -0.15) is 0 Å². The number of Topliss-reactive ketones (excluding diaryl/α,β-unsaturated/α-hetero) is 1. The van der Waals surface area contributed by atoms with E-state index in [0.717, 1.165) is 19.3 Å². The highest BCUT2D eigenvalue weighted by molar-refractivity contribution is 9.10. The number of hydrogen-bond donors (Lipinski definition) is 1. The van der Waals surface area contributed by atoms with E-state index in [4.69, 9.17) is 0 Å². The largest absolute Gasteiger partial charge is 0.391 e. The SMILES string of the molecule is O=C1CCCCC(O)C1Br. The van der Waals surface area contributed by atoms with Crippen LogP contribution in [0.25, 0.3) is 0 Å². The molecule has 2 atom stereocenters. The Morgan fingerprint density at radius 2 is 2.20 bits per heavy atom. The predicted octanol–water partition coefficient (Wildman–Crippen LogP) is 1.25. The summed E-state index contributed by atoms with van der Waals surface area (Å²) in [4.78, 5) is 10.7. The van der Waals surface area contributed by atoms with Gasteiger partial charge in [0.2, 0.25) is 0 Å². The molecule has 0 radical (unpaired) electrons. The van der Waals surface area contributed by atoms with Crippen molar-refractivity contribution in [3.8, 4) is 0 Å². The van der Waals surface area contributed by atoms with Crippen molar-refractivity contribution in [2.45, 2.75) is 36.6 Å². The Morgan fingerprint density at radius 3 is 2.90 bits per heavy atom. The number of aliphatic hydroxyl groups excluding tert-OH is 1. The maximum absolute atomic E-state index is 11.0. The second-order valence-electron chi connectivity index (χ2n) is 2.68. The van der Waals surface area contributed by atoms with E-state index in [1.807, 2.05) is 0 Å². The van der Waals surface area contributed by atoms with Crippen molar-refractivity contribution in [1.82, 2.24) is 0 Å². The molecule has 1 N–H and O–H groups in total. The van der Waals surface area contributed by atoms with Crippen LogP contribution in [0.15, 0.2) is 0 Å². The predicted molar refractivity (Wildman–Crippen MR) is 42.2 cm³/mol. The summed E-state index contributed by atoms with van der Waals surface area (Å²) in [6.07, 6.45) is 2.80. The van der Waals surface area contributed by atoms with Gasteiger partial charge in [-0.05, 0) is 12.8 Å². The quantitative estimate of drug-likeness (QED) is 0.479. The molecule has 58 valence electrons. The van der Waals surface area contributed by atoms with Gasteiger partial charge in [-0.3, -0.25) is 4.79 Å². The number of aliphatic hydroxyl groups is 1. The highest BCUT2D eigenvalue weighted by atomic mass is 79.9. The molecule has 1 aliphatic carbocycles. The van der Waals surface area contributed by atoms with E-state index in [-0.39, 0.29) is 10.6 Å². The highest BCUT2D eigenvalue weighted by Crippen LogP contribution is 2.20. The Labute approximate surface area is 68.7 Å². The molecule has 0 aromatic rings. The lowest BCUT2D eigenvalue weighted by atomic mass is 10.1. The molecule has 1 saturated carbocycles. The Balaban J connectivity index is 2.55. The van der Waals surface area contributed by atoms with Gasteiger partial charge >= 0.3 is 0 Å². The fraction of sp³-hybridized carbons (Fsp3) is 0.857. The van der Waals surface area contributed by atoms with Gasteiger partial charge in [0.25, 0.3) is 0 Å². The number of hydrogen-bond acceptors (Lipinski definition) is 2. The minimum Gasteiger partial charge on any atom is -0.391 e. The molecule has 1 fully saturated rings. The molecule has 0 aliphatic heterocycles. The molecule has 0 spiro atoms. The maximum atomic E-state index is 11.0. The summed E-state index contributed by atoms with van der Waals surface area (Å²) >= 11 is 3.17. The third-order valence-corrected chi connectivity index (χ3v) is 2.94. The number of carbonyl (C=O) groups excluding carboxylic acids is 1. The van der Waals surface area contributed by atoms with Crippen LogP contribution in [0, 0.1) is 0 Å². The molecule has 0 aromatic carbocycles. The van der Waals surface area contributed by atoms with E-state index in [1.165, 1.54) is 0 Å². The van der Waals surface area contributed by atoms with Crippen LogP contribution in [0.4, 0.5) is 0 Å². The first-order chi connectivity index (χ1) is 4.72. The number of halogens is 1. The van der Waals surface area contributed by atoms with E-state index >= 15 is 0 Å². The summed E-state index contributed by atoms with van der Waals surface area (Å²) in [5.74, 6) is 0.144. The van der Waals surface area contributed by atoms with Gasteiger partial charge in [-0.15, -0.1) is 0 Å². The van der Waals surface area contributed by atoms with Crippen molar-refractivity contribution in [2.24, 2.45) is 0 Å². The maximum Gasteiger partial charge on any atom is 0.149 e. The van der Waals surface area contributed by atoms with E-state index in [9.17, 15) is 9.90 Å². The summed E-state index contributed by atoms with van der Waals surface area (Å²) in [5.41, 5.74) is 0. The highest BCUT2D eigenvalue weighted by Gasteiger charge is 2.25. The summed E-state index contributed by atoms with van der Waals surface area (Å²) in [6, 6.07) is 0. The molecule has 0 aromatic heterocycles. The smallest absolute Gasteiger partial charge is 0.149 e. The van der Waals surface area contributed by atoms with Crippen molar-refractivity contribution in [3.63, 3.8) is 0 Å². The van der Waals surface area contributed by atoms with Crippen molar-refractivity contribution in [1.29, 1.82) is 0 Å². The standard InChI is InChI=1S/C7H11BrO2/c8-7-5(9)3-1-2-4-6(7)10/h5,7,9H,1-4H2. The third kappa shape index (κ3) is 1.80. The van der Waals surface area contributed by atoms with Gasteiger partial charge < -0.3 is 5.11 Å². The minimum atomic E-state index is -0.463. The average Bonchev–Trinajstić information content (AvgIpc) is 2.04. The van der Waals surface area contributed by atoms with Crippen molar-refractivity contribution in [2.75, 3.05) is 0 Å². The van der Waals surface area contributed by atoms with Crippen LogP contribution < -0.4 is 0 Å².